The zero-order chi connectivity index (χ0) is 17.5. The summed E-state index contributed by atoms with van der Waals surface area (Å²) in [6, 6.07) is 32.9. The van der Waals surface area contributed by atoms with Crippen molar-refractivity contribution in [3.05, 3.63) is 108 Å². The molecule has 3 aromatic carbocycles. The van der Waals surface area contributed by atoms with E-state index in [0.29, 0.717) is 12.0 Å². The van der Waals surface area contributed by atoms with Crippen molar-refractivity contribution in [2.24, 2.45) is 0 Å². The zero-order valence-corrected chi connectivity index (χ0v) is 16.4. The maximum atomic E-state index is 2.45. The fraction of sp³-hybridized carbons (Fsp3) is 0.250. The highest BCUT2D eigenvalue weighted by molar-refractivity contribution is 5.85. The number of hydrogen-bond acceptors (Lipinski definition) is 1. The van der Waals surface area contributed by atoms with Crippen LogP contribution in [0.3, 0.4) is 0 Å². The van der Waals surface area contributed by atoms with E-state index in [2.05, 4.69) is 110 Å². The van der Waals surface area contributed by atoms with E-state index < -0.39 is 0 Å². The second-order valence-corrected chi connectivity index (χ2v) is 6.73. The van der Waals surface area contributed by atoms with Gasteiger partial charge in [-0.05, 0) is 43.6 Å². The highest BCUT2D eigenvalue weighted by Gasteiger charge is 2.17. The molecule has 1 unspecified atom stereocenters. The Balaban J connectivity index is 0.00000243. The fourth-order valence-corrected chi connectivity index (χ4v) is 3.41. The van der Waals surface area contributed by atoms with Crippen molar-refractivity contribution in [2.45, 2.75) is 25.3 Å². The van der Waals surface area contributed by atoms with Crippen molar-refractivity contribution < 1.29 is 0 Å². The lowest BCUT2D eigenvalue weighted by molar-refractivity contribution is 0.254. The van der Waals surface area contributed by atoms with Gasteiger partial charge in [-0.25, -0.2) is 0 Å². The third kappa shape index (κ3) is 5.20. The maximum Gasteiger partial charge on any atom is 0.0316 e. The molecule has 0 saturated heterocycles. The molecule has 0 heterocycles. The summed E-state index contributed by atoms with van der Waals surface area (Å²) in [4.78, 5) is 2.45. The molecule has 0 radical (unpaired) electrons. The van der Waals surface area contributed by atoms with Gasteiger partial charge >= 0.3 is 0 Å². The molecule has 136 valence electrons. The highest BCUT2D eigenvalue weighted by Crippen LogP contribution is 2.29. The summed E-state index contributed by atoms with van der Waals surface area (Å²) in [5, 5.41) is 0. The van der Waals surface area contributed by atoms with Gasteiger partial charge in [0.05, 0.1) is 0 Å². The molecule has 0 aliphatic heterocycles. The fourth-order valence-electron chi connectivity index (χ4n) is 3.41. The lowest BCUT2D eigenvalue weighted by Gasteiger charge is -2.27. The number of halogens is 1. The zero-order valence-electron chi connectivity index (χ0n) is 15.6. The summed E-state index contributed by atoms with van der Waals surface area (Å²) in [6.07, 6.45) is 1.11. The van der Waals surface area contributed by atoms with E-state index in [1.807, 2.05) is 0 Å². The molecular weight excluding hydrogens is 338 g/mol. The molecule has 26 heavy (non-hydrogen) atoms. The molecule has 0 aliphatic carbocycles. The first kappa shape index (κ1) is 20.2. The smallest absolute Gasteiger partial charge is 0.0316 e. The van der Waals surface area contributed by atoms with Gasteiger partial charge in [0.1, 0.15) is 0 Å². The molecule has 0 N–H and O–H groups in total. The first-order chi connectivity index (χ1) is 12.3. The van der Waals surface area contributed by atoms with Crippen LogP contribution in [0.25, 0.3) is 0 Å². The molecule has 0 aromatic heterocycles. The van der Waals surface area contributed by atoms with Crippen molar-refractivity contribution in [3.63, 3.8) is 0 Å². The third-order valence-corrected chi connectivity index (χ3v) is 5.12. The minimum atomic E-state index is 0. The molecular formula is C24H28ClN. The average Bonchev–Trinajstić information content (AvgIpc) is 2.70. The third-order valence-electron chi connectivity index (χ3n) is 5.12. The van der Waals surface area contributed by atoms with E-state index in [-0.39, 0.29) is 12.4 Å². The summed E-state index contributed by atoms with van der Waals surface area (Å²) in [5.41, 5.74) is 4.17. The standard InChI is InChI=1S/C24H27N.ClH/c1-20(21-12-6-3-7-13-21)25(2)19-18-24(22-14-8-4-9-15-22)23-16-10-5-11-17-23;/h3-17,20,24H,18-19H2,1-2H3;1H. The van der Waals surface area contributed by atoms with Crippen molar-refractivity contribution in [1.82, 2.24) is 4.90 Å². The minimum Gasteiger partial charge on any atom is -0.300 e. The Morgan fingerprint density at radius 3 is 1.46 bits per heavy atom. The van der Waals surface area contributed by atoms with Crippen LogP contribution in [0.4, 0.5) is 0 Å². The Bertz CT molecular complexity index is 703. The van der Waals surface area contributed by atoms with E-state index >= 15 is 0 Å². The normalized spacial score (nSPS) is 12.0. The lowest BCUT2D eigenvalue weighted by atomic mass is 9.88. The van der Waals surface area contributed by atoms with Crippen LogP contribution in [0.15, 0.2) is 91.0 Å². The van der Waals surface area contributed by atoms with Gasteiger partial charge in [0, 0.05) is 12.0 Å². The van der Waals surface area contributed by atoms with Gasteiger partial charge in [0.25, 0.3) is 0 Å². The van der Waals surface area contributed by atoms with E-state index in [9.17, 15) is 0 Å². The molecule has 3 rings (SSSR count). The van der Waals surface area contributed by atoms with Crippen molar-refractivity contribution in [3.8, 4) is 0 Å². The minimum absolute atomic E-state index is 0. The van der Waals surface area contributed by atoms with Gasteiger partial charge < -0.3 is 0 Å². The van der Waals surface area contributed by atoms with Crippen molar-refractivity contribution in [2.75, 3.05) is 13.6 Å². The summed E-state index contributed by atoms with van der Waals surface area (Å²) >= 11 is 0. The van der Waals surface area contributed by atoms with Gasteiger partial charge in [0.15, 0.2) is 0 Å². The van der Waals surface area contributed by atoms with E-state index in [0.717, 1.165) is 13.0 Å². The summed E-state index contributed by atoms with van der Waals surface area (Å²) in [5.74, 6) is 0.438. The molecule has 0 bridgehead atoms. The van der Waals surface area contributed by atoms with Crippen LogP contribution in [0.5, 0.6) is 0 Å². The van der Waals surface area contributed by atoms with E-state index in [1.165, 1.54) is 16.7 Å². The molecule has 0 spiro atoms. The topological polar surface area (TPSA) is 3.24 Å². The van der Waals surface area contributed by atoms with Crippen LogP contribution in [-0.2, 0) is 0 Å². The van der Waals surface area contributed by atoms with Gasteiger partial charge in [-0.2, -0.15) is 0 Å². The first-order valence-corrected chi connectivity index (χ1v) is 9.11. The van der Waals surface area contributed by atoms with Gasteiger partial charge in [0.2, 0.25) is 0 Å². The Kier molecular flexibility index (Phi) is 7.90. The Morgan fingerprint density at radius 1 is 0.654 bits per heavy atom. The lowest BCUT2D eigenvalue weighted by Crippen LogP contribution is -2.25. The van der Waals surface area contributed by atoms with Crippen LogP contribution < -0.4 is 0 Å². The molecule has 0 saturated carbocycles. The average molecular weight is 366 g/mol. The second-order valence-electron chi connectivity index (χ2n) is 6.73. The largest absolute Gasteiger partial charge is 0.300 e. The number of benzene rings is 3. The number of hydrogen-bond donors (Lipinski definition) is 0. The molecule has 2 heteroatoms. The first-order valence-electron chi connectivity index (χ1n) is 9.11. The number of rotatable bonds is 7. The van der Waals surface area contributed by atoms with Crippen molar-refractivity contribution >= 4 is 12.4 Å². The Morgan fingerprint density at radius 2 is 1.04 bits per heavy atom. The Hall–Kier alpha value is -2.09. The van der Waals surface area contributed by atoms with Crippen LogP contribution in [0.1, 0.15) is 42.0 Å². The van der Waals surface area contributed by atoms with E-state index in [4.69, 9.17) is 0 Å². The second kappa shape index (κ2) is 10.2. The summed E-state index contributed by atoms with van der Waals surface area (Å²) < 4.78 is 0. The van der Waals surface area contributed by atoms with Crippen LogP contribution in [0, 0.1) is 0 Å². The maximum absolute atomic E-state index is 2.45. The van der Waals surface area contributed by atoms with Crippen LogP contribution in [-0.4, -0.2) is 18.5 Å². The summed E-state index contributed by atoms with van der Waals surface area (Å²) in [7, 11) is 2.23. The SMILES string of the molecule is CC(c1ccccc1)N(C)CCC(c1ccccc1)c1ccccc1.Cl. The monoisotopic (exact) mass is 365 g/mol. The number of nitrogens with zero attached hydrogens (tertiary/aromatic N) is 1. The highest BCUT2D eigenvalue weighted by atomic mass is 35.5. The van der Waals surface area contributed by atoms with E-state index in [1.54, 1.807) is 0 Å². The van der Waals surface area contributed by atoms with Gasteiger partial charge in [-0.15, -0.1) is 12.4 Å². The molecule has 3 aromatic rings. The molecule has 0 fully saturated rings. The van der Waals surface area contributed by atoms with Crippen LogP contribution in [0.2, 0.25) is 0 Å². The van der Waals surface area contributed by atoms with Gasteiger partial charge in [-0.1, -0.05) is 91.0 Å². The molecule has 0 amide bonds. The predicted octanol–water partition coefficient (Wildman–Crippen LogP) is 6.32. The van der Waals surface area contributed by atoms with Gasteiger partial charge in [-0.3, -0.25) is 4.90 Å². The summed E-state index contributed by atoms with van der Waals surface area (Å²) in [6.45, 7) is 3.35. The predicted molar refractivity (Wildman–Crippen MR) is 114 cm³/mol. The van der Waals surface area contributed by atoms with Crippen molar-refractivity contribution in [1.29, 1.82) is 0 Å². The molecule has 1 nitrogen and oxygen atoms in total. The molecule has 0 aliphatic rings. The Labute approximate surface area is 164 Å². The van der Waals surface area contributed by atoms with Crippen LogP contribution >= 0.6 is 12.4 Å². The quantitative estimate of drug-likeness (QED) is 0.473. The molecule has 1 atom stereocenters.